The molecule has 0 aromatic rings. The second-order valence-electron chi connectivity index (χ2n) is 2.12. The lowest BCUT2D eigenvalue weighted by atomic mass is 10.2. The van der Waals surface area contributed by atoms with Crippen molar-refractivity contribution in [2.24, 2.45) is 5.73 Å². The quantitative estimate of drug-likeness (QED) is 0.286. The molecule has 5 heteroatoms. The minimum absolute atomic E-state index is 0.0885. The molecule has 0 fully saturated rings. The van der Waals surface area contributed by atoms with Gasteiger partial charge in [0.2, 0.25) is 5.91 Å². The lowest BCUT2D eigenvalue weighted by molar-refractivity contribution is -0.115. The van der Waals surface area contributed by atoms with E-state index in [1.807, 2.05) is 0 Å². The Hall–Kier alpha value is -0.910. The predicted molar refractivity (Wildman–Crippen MR) is 37.2 cm³/mol. The number of hydrogen-bond donors (Lipinski definition) is 4. The number of primary amides is 1. The van der Waals surface area contributed by atoms with E-state index < -0.39 is 18.3 Å². The Morgan fingerprint density at radius 3 is 2.18 bits per heavy atom. The second-order valence-corrected chi connectivity index (χ2v) is 2.12. The number of rotatable bonds is 3. The summed E-state index contributed by atoms with van der Waals surface area (Å²) in [5, 5.41) is 25.5. The summed E-state index contributed by atoms with van der Waals surface area (Å²) in [4.78, 5) is 10.3. The first kappa shape index (κ1) is 10.1. The van der Waals surface area contributed by atoms with Crippen LogP contribution < -0.4 is 5.73 Å². The fourth-order valence-electron chi connectivity index (χ4n) is 0.424. The Balaban J connectivity index is 4.19. The third-order valence-corrected chi connectivity index (χ3v) is 1.11. The molecule has 0 saturated carbocycles. The predicted octanol–water partition coefficient (Wildman–Crippen LogP) is -1.91. The monoisotopic (exact) mass is 161 g/mol. The zero-order chi connectivity index (χ0) is 9.02. The molecule has 0 spiro atoms. The highest BCUT2D eigenvalue weighted by Crippen LogP contribution is 1.97. The molecule has 0 saturated heterocycles. The second kappa shape index (κ2) is 4.07. The van der Waals surface area contributed by atoms with Crippen molar-refractivity contribution in [1.29, 1.82) is 0 Å². The third kappa shape index (κ3) is 3.72. The largest absolute Gasteiger partial charge is 0.384 e. The van der Waals surface area contributed by atoms with Crippen LogP contribution in [0, 0.1) is 0 Å². The average molecular weight is 161 g/mol. The van der Waals surface area contributed by atoms with Gasteiger partial charge in [-0.15, -0.1) is 0 Å². The molecule has 0 aliphatic carbocycles. The first-order valence-corrected chi connectivity index (χ1v) is 2.97. The molecule has 5 N–H and O–H groups in total. The Bertz CT molecular complexity index is 175. The molecular weight excluding hydrogens is 150 g/mol. The Morgan fingerprint density at radius 1 is 1.45 bits per heavy atom. The number of nitrogens with two attached hydrogens (primary N) is 1. The van der Waals surface area contributed by atoms with E-state index in [-0.39, 0.29) is 5.57 Å². The highest BCUT2D eigenvalue weighted by Gasteiger charge is 2.10. The van der Waals surface area contributed by atoms with E-state index in [2.05, 4.69) is 0 Å². The molecule has 64 valence electrons. The van der Waals surface area contributed by atoms with Gasteiger partial charge in [0.25, 0.3) is 0 Å². The molecular formula is C6H11NO4. The van der Waals surface area contributed by atoms with E-state index in [4.69, 9.17) is 21.1 Å². The summed E-state index contributed by atoms with van der Waals surface area (Å²) in [5.41, 5.74) is 4.89. The van der Waals surface area contributed by atoms with E-state index in [1.165, 1.54) is 6.92 Å². The molecule has 0 rings (SSSR count). The van der Waals surface area contributed by atoms with Gasteiger partial charge < -0.3 is 21.1 Å². The summed E-state index contributed by atoms with van der Waals surface area (Å²) < 4.78 is 0. The minimum Gasteiger partial charge on any atom is -0.384 e. The van der Waals surface area contributed by atoms with Crippen LogP contribution in [0.15, 0.2) is 11.6 Å². The molecule has 0 aliphatic heterocycles. The Kier molecular flexibility index (Phi) is 3.73. The van der Waals surface area contributed by atoms with Crippen LogP contribution in [0.5, 0.6) is 0 Å². The Labute approximate surface area is 63.8 Å². The van der Waals surface area contributed by atoms with E-state index >= 15 is 0 Å². The van der Waals surface area contributed by atoms with Gasteiger partial charge in [-0.2, -0.15) is 0 Å². The van der Waals surface area contributed by atoms with Crippen LogP contribution in [-0.2, 0) is 4.79 Å². The number of carbonyl (C=O) groups is 1. The van der Waals surface area contributed by atoms with Gasteiger partial charge in [-0.25, -0.2) is 0 Å². The topological polar surface area (TPSA) is 104 Å². The number of hydrogen-bond acceptors (Lipinski definition) is 4. The van der Waals surface area contributed by atoms with E-state index in [9.17, 15) is 4.79 Å². The number of carbonyl (C=O) groups excluding carboxylic acids is 1. The molecule has 0 aromatic heterocycles. The van der Waals surface area contributed by atoms with Gasteiger partial charge in [0.05, 0.1) is 0 Å². The van der Waals surface area contributed by atoms with Crippen molar-refractivity contribution in [3.05, 3.63) is 11.6 Å². The molecule has 1 unspecified atom stereocenters. The first-order valence-electron chi connectivity index (χ1n) is 2.97. The lowest BCUT2D eigenvalue weighted by Gasteiger charge is -2.07. The first-order chi connectivity index (χ1) is 4.95. The Morgan fingerprint density at radius 2 is 1.91 bits per heavy atom. The van der Waals surface area contributed by atoms with Crippen LogP contribution in [0.25, 0.3) is 0 Å². The SMILES string of the molecule is CC(=CC(O)C(O)O)C(N)=O. The average Bonchev–Trinajstić information content (AvgIpc) is 1.87. The summed E-state index contributed by atoms with van der Waals surface area (Å²) in [6.07, 6.45) is -2.38. The number of aliphatic hydroxyl groups is 3. The standard InChI is InChI=1S/C6H11NO4/c1-3(5(7)9)2-4(8)6(10)11/h2,4,6,8,10-11H,1H3,(H2,7,9). The van der Waals surface area contributed by atoms with Crippen molar-refractivity contribution in [2.45, 2.75) is 19.3 Å². The van der Waals surface area contributed by atoms with Gasteiger partial charge in [-0.3, -0.25) is 4.79 Å². The fraction of sp³-hybridized carbons (Fsp3) is 0.500. The van der Waals surface area contributed by atoms with Crippen LogP contribution in [0.4, 0.5) is 0 Å². The number of aliphatic hydroxyl groups excluding tert-OH is 2. The van der Waals surface area contributed by atoms with Crippen molar-refractivity contribution in [3.63, 3.8) is 0 Å². The molecule has 0 aromatic carbocycles. The van der Waals surface area contributed by atoms with Crippen molar-refractivity contribution < 1.29 is 20.1 Å². The maximum Gasteiger partial charge on any atom is 0.244 e. The van der Waals surface area contributed by atoms with E-state index in [1.54, 1.807) is 0 Å². The van der Waals surface area contributed by atoms with Crippen molar-refractivity contribution in [3.8, 4) is 0 Å². The van der Waals surface area contributed by atoms with E-state index in [0.29, 0.717) is 0 Å². The van der Waals surface area contributed by atoms with Crippen molar-refractivity contribution in [1.82, 2.24) is 0 Å². The van der Waals surface area contributed by atoms with Crippen LogP contribution in [0.2, 0.25) is 0 Å². The fourth-order valence-corrected chi connectivity index (χ4v) is 0.424. The van der Waals surface area contributed by atoms with Gasteiger partial charge in [0, 0.05) is 5.57 Å². The summed E-state index contributed by atoms with van der Waals surface area (Å²) >= 11 is 0. The maximum absolute atomic E-state index is 10.3. The van der Waals surface area contributed by atoms with Gasteiger partial charge in [0.1, 0.15) is 6.10 Å². The lowest BCUT2D eigenvalue weighted by Crippen LogP contribution is -2.24. The van der Waals surface area contributed by atoms with Gasteiger partial charge in [0.15, 0.2) is 6.29 Å². The normalized spacial score (nSPS) is 15.2. The van der Waals surface area contributed by atoms with Crippen molar-refractivity contribution >= 4 is 5.91 Å². The van der Waals surface area contributed by atoms with Crippen LogP contribution in [0.3, 0.4) is 0 Å². The summed E-state index contributed by atoms with van der Waals surface area (Å²) in [6.45, 7) is 1.37. The zero-order valence-electron chi connectivity index (χ0n) is 6.06. The van der Waals surface area contributed by atoms with Crippen LogP contribution in [-0.4, -0.2) is 33.6 Å². The highest BCUT2D eigenvalue weighted by atomic mass is 16.5. The smallest absolute Gasteiger partial charge is 0.244 e. The molecule has 11 heavy (non-hydrogen) atoms. The zero-order valence-corrected chi connectivity index (χ0v) is 6.06. The molecule has 0 bridgehead atoms. The van der Waals surface area contributed by atoms with Gasteiger partial charge in [-0.1, -0.05) is 0 Å². The summed E-state index contributed by atoms with van der Waals surface area (Å²) in [7, 11) is 0. The van der Waals surface area contributed by atoms with E-state index in [0.717, 1.165) is 6.08 Å². The molecule has 1 atom stereocenters. The van der Waals surface area contributed by atoms with Crippen LogP contribution >= 0.6 is 0 Å². The minimum atomic E-state index is -1.88. The van der Waals surface area contributed by atoms with Gasteiger partial charge >= 0.3 is 0 Å². The van der Waals surface area contributed by atoms with Gasteiger partial charge in [-0.05, 0) is 13.0 Å². The maximum atomic E-state index is 10.3. The third-order valence-electron chi connectivity index (χ3n) is 1.11. The van der Waals surface area contributed by atoms with Crippen LogP contribution in [0.1, 0.15) is 6.92 Å². The highest BCUT2D eigenvalue weighted by molar-refractivity contribution is 5.91. The molecule has 0 radical (unpaired) electrons. The summed E-state index contributed by atoms with van der Waals surface area (Å²) in [6, 6.07) is 0. The summed E-state index contributed by atoms with van der Waals surface area (Å²) in [5.74, 6) is -0.704. The van der Waals surface area contributed by atoms with Crippen molar-refractivity contribution in [2.75, 3.05) is 0 Å². The molecule has 0 aliphatic rings. The molecule has 5 nitrogen and oxygen atoms in total. The molecule has 0 heterocycles. The number of amides is 1. The molecule has 1 amide bonds.